The molecule has 0 aliphatic carbocycles. The molecular weight excluding hydrogens is 364 g/mol. The minimum atomic E-state index is 0.581. The van der Waals surface area contributed by atoms with Crippen LogP contribution in [0.5, 0.6) is 5.75 Å². The van der Waals surface area contributed by atoms with Crippen LogP contribution in [0.3, 0.4) is 0 Å². The Morgan fingerprint density at radius 1 is 0.567 bits per heavy atom. The number of rotatable bonds is 5. The maximum atomic E-state index is 5.90. The van der Waals surface area contributed by atoms with Gasteiger partial charge in [-0.25, -0.2) is 0 Å². The molecule has 144 valence electrons. The quantitative estimate of drug-likeness (QED) is 0.222. The lowest BCUT2D eigenvalue weighted by molar-refractivity contribution is 0.306. The molecule has 5 aromatic carbocycles. The molecule has 0 atom stereocenters. The highest BCUT2D eigenvalue weighted by atomic mass is 16.5. The summed E-state index contributed by atoms with van der Waals surface area (Å²) < 4.78 is 5.90. The first kappa shape index (κ1) is 18.2. The maximum absolute atomic E-state index is 5.90. The Bertz CT molecular complexity index is 1260. The second kappa shape index (κ2) is 8.26. The Balaban J connectivity index is 1.41. The van der Waals surface area contributed by atoms with Crippen LogP contribution in [0.15, 0.2) is 109 Å². The van der Waals surface area contributed by atoms with Crippen LogP contribution in [0.2, 0.25) is 0 Å². The summed E-state index contributed by atoms with van der Waals surface area (Å²) in [5, 5.41) is 5.08. The van der Waals surface area contributed by atoms with E-state index in [-0.39, 0.29) is 0 Å². The summed E-state index contributed by atoms with van der Waals surface area (Å²) in [6.07, 6.45) is 4.40. The molecule has 0 aliphatic rings. The SMILES string of the molecule is C(=C\c1c2ccccc2cc2ccccc12)/c1ccc(OCc2ccccc2)cc1. The van der Waals surface area contributed by atoms with Crippen molar-refractivity contribution >= 4 is 33.7 Å². The Hall–Kier alpha value is -3.84. The molecule has 5 rings (SSSR count). The van der Waals surface area contributed by atoms with Crippen LogP contribution in [-0.4, -0.2) is 0 Å². The molecule has 30 heavy (non-hydrogen) atoms. The van der Waals surface area contributed by atoms with Crippen molar-refractivity contribution in [2.75, 3.05) is 0 Å². The van der Waals surface area contributed by atoms with Crippen LogP contribution >= 0.6 is 0 Å². The van der Waals surface area contributed by atoms with Gasteiger partial charge in [0.05, 0.1) is 0 Å². The summed E-state index contributed by atoms with van der Waals surface area (Å²) in [5.41, 5.74) is 3.58. The second-order valence-electron chi connectivity index (χ2n) is 7.41. The Morgan fingerprint density at radius 3 is 1.83 bits per heavy atom. The molecule has 0 aromatic heterocycles. The summed E-state index contributed by atoms with van der Waals surface area (Å²) in [6, 6.07) is 37.9. The van der Waals surface area contributed by atoms with Crippen molar-refractivity contribution in [3.05, 3.63) is 126 Å². The molecule has 0 saturated carbocycles. The fourth-order valence-electron chi connectivity index (χ4n) is 3.82. The Labute approximate surface area is 176 Å². The lowest BCUT2D eigenvalue weighted by Gasteiger charge is -2.09. The number of benzene rings is 5. The fourth-order valence-corrected chi connectivity index (χ4v) is 3.82. The molecule has 0 aliphatic heterocycles. The molecular formula is C29H22O. The number of ether oxygens (including phenoxy) is 1. The van der Waals surface area contributed by atoms with Gasteiger partial charge in [-0.3, -0.25) is 0 Å². The van der Waals surface area contributed by atoms with Crippen molar-refractivity contribution in [1.29, 1.82) is 0 Å². The number of hydrogen-bond donors (Lipinski definition) is 0. The molecule has 0 N–H and O–H groups in total. The maximum Gasteiger partial charge on any atom is 0.119 e. The standard InChI is InChI=1S/C29H22O/c1-2-8-23(9-3-1)21-30-26-17-14-22(15-18-26)16-19-29-27-12-6-4-10-24(27)20-25-11-5-7-13-28(25)29/h1-20H,21H2/b19-16+. The molecule has 1 nitrogen and oxygen atoms in total. The van der Waals surface area contributed by atoms with Crippen LogP contribution in [0.4, 0.5) is 0 Å². The minimum Gasteiger partial charge on any atom is -0.489 e. The van der Waals surface area contributed by atoms with Crippen molar-refractivity contribution < 1.29 is 4.74 Å². The Morgan fingerprint density at radius 2 is 1.17 bits per heavy atom. The molecule has 0 unspecified atom stereocenters. The van der Waals surface area contributed by atoms with E-state index in [1.807, 2.05) is 30.3 Å². The smallest absolute Gasteiger partial charge is 0.119 e. The van der Waals surface area contributed by atoms with Gasteiger partial charge in [-0.1, -0.05) is 103 Å². The number of fused-ring (bicyclic) bond motifs is 2. The average molecular weight is 386 g/mol. The monoisotopic (exact) mass is 386 g/mol. The van der Waals surface area contributed by atoms with Crippen LogP contribution < -0.4 is 4.74 Å². The molecule has 1 heteroatoms. The fraction of sp³-hybridized carbons (Fsp3) is 0.0345. The van der Waals surface area contributed by atoms with E-state index in [2.05, 4.69) is 91.0 Å². The van der Waals surface area contributed by atoms with Crippen LogP contribution in [0, 0.1) is 0 Å². The zero-order valence-electron chi connectivity index (χ0n) is 16.7. The van der Waals surface area contributed by atoms with Gasteiger partial charge in [0.15, 0.2) is 0 Å². The van der Waals surface area contributed by atoms with E-state index in [9.17, 15) is 0 Å². The average Bonchev–Trinajstić information content (AvgIpc) is 2.82. The third kappa shape index (κ3) is 3.83. The van der Waals surface area contributed by atoms with Gasteiger partial charge >= 0.3 is 0 Å². The van der Waals surface area contributed by atoms with E-state index in [1.54, 1.807) is 0 Å². The van der Waals surface area contributed by atoms with E-state index >= 15 is 0 Å². The van der Waals surface area contributed by atoms with E-state index in [0.717, 1.165) is 11.3 Å². The normalized spacial score (nSPS) is 11.3. The molecule has 0 heterocycles. The molecule has 0 radical (unpaired) electrons. The largest absolute Gasteiger partial charge is 0.489 e. The van der Waals surface area contributed by atoms with Crippen molar-refractivity contribution in [3.63, 3.8) is 0 Å². The van der Waals surface area contributed by atoms with Crippen molar-refractivity contribution in [3.8, 4) is 5.75 Å². The molecule has 0 saturated heterocycles. The van der Waals surface area contributed by atoms with Crippen LogP contribution in [0.1, 0.15) is 16.7 Å². The summed E-state index contributed by atoms with van der Waals surface area (Å²) in [4.78, 5) is 0. The summed E-state index contributed by atoms with van der Waals surface area (Å²) in [7, 11) is 0. The lowest BCUT2D eigenvalue weighted by atomic mass is 9.96. The van der Waals surface area contributed by atoms with Crippen molar-refractivity contribution in [2.24, 2.45) is 0 Å². The van der Waals surface area contributed by atoms with Gasteiger partial charge in [0, 0.05) is 0 Å². The van der Waals surface area contributed by atoms with Crippen molar-refractivity contribution in [2.45, 2.75) is 6.61 Å². The van der Waals surface area contributed by atoms with Crippen molar-refractivity contribution in [1.82, 2.24) is 0 Å². The van der Waals surface area contributed by atoms with E-state index in [4.69, 9.17) is 4.74 Å². The topological polar surface area (TPSA) is 9.23 Å². The van der Waals surface area contributed by atoms with Gasteiger partial charge < -0.3 is 4.74 Å². The first-order valence-corrected chi connectivity index (χ1v) is 10.2. The second-order valence-corrected chi connectivity index (χ2v) is 7.41. The zero-order chi connectivity index (χ0) is 20.2. The zero-order valence-corrected chi connectivity index (χ0v) is 16.7. The van der Waals surface area contributed by atoms with E-state index in [1.165, 1.54) is 32.7 Å². The molecule has 0 amide bonds. The Kier molecular flexibility index (Phi) is 5.01. The van der Waals surface area contributed by atoms with Crippen LogP contribution in [-0.2, 0) is 6.61 Å². The molecule has 0 fully saturated rings. The first-order valence-electron chi connectivity index (χ1n) is 10.2. The molecule has 5 aromatic rings. The predicted octanol–water partition coefficient (Wildman–Crippen LogP) is 7.74. The van der Waals surface area contributed by atoms with Gasteiger partial charge in [0.25, 0.3) is 0 Å². The van der Waals surface area contributed by atoms with Gasteiger partial charge in [-0.05, 0) is 56.4 Å². The third-order valence-electron chi connectivity index (χ3n) is 5.38. The molecule has 0 spiro atoms. The summed E-state index contributed by atoms with van der Waals surface area (Å²) in [6.45, 7) is 0.581. The van der Waals surface area contributed by atoms with Gasteiger partial charge in [0.2, 0.25) is 0 Å². The molecule has 0 bridgehead atoms. The van der Waals surface area contributed by atoms with E-state index < -0.39 is 0 Å². The highest BCUT2D eigenvalue weighted by molar-refractivity contribution is 6.07. The third-order valence-corrected chi connectivity index (χ3v) is 5.38. The van der Waals surface area contributed by atoms with E-state index in [0.29, 0.717) is 6.61 Å². The summed E-state index contributed by atoms with van der Waals surface area (Å²) in [5.74, 6) is 0.881. The highest BCUT2D eigenvalue weighted by Crippen LogP contribution is 2.30. The number of hydrogen-bond acceptors (Lipinski definition) is 1. The first-order chi connectivity index (χ1) is 14.9. The minimum absolute atomic E-state index is 0.581. The highest BCUT2D eigenvalue weighted by Gasteiger charge is 2.04. The van der Waals surface area contributed by atoms with Gasteiger partial charge in [-0.2, -0.15) is 0 Å². The predicted molar refractivity (Wildman–Crippen MR) is 128 cm³/mol. The van der Waals surface area contributed by atoms with Crippen LogP contribution in [0.25, 0.3) is 33.7 Å². The van der Waals surface area contributed by atoms with Gasteiger partial charge in [-0.15, -0.1) is 0 Å². The lowest BCUT2D eigenvalue weighted by Crippen LogP contribution is -1.94. The van der Waals surface area contributed by atoms with Gasteiger partial charge in [0.1, 0.15) is 12.4 Å². The summed E-state index contributed by atoms with van der Waals surface area (Å²) >= 11 is 0.